The first-order valence-electron chi connectivity index (χ1n) is 11.0. The van der Waals surface area contributed by atoms with Crippen molar-refractivity contribution < 1.29 is 9.53 Å². The van der Waals surface area contributed by atoms with Crippen molar-refractivity contribution in [1.29, 1.82) is 0 Å². The molecule has 1 N–H and O–H groups in total. The fourth-order valence-electron chi connectivity index (χ4n) is 3.78. The molecule has 5 aromatic rings. The molecule has 0 unspecified atom stereocenters. The standard InChI is InChI=1S/C28H21IN4O2/c1-19-4-2-7-25-27(19)26(14-17-31-25)32-21-10-8-20(9-11-21)28(34)33(29)22-5-3-6-24(18-22)35-23-12-15-30-16-13-23/h2-18H,1H3,(H,31,32). The number of carbonyl (C=O) groups is 1. The van der Waals surface area contributed by atoms with Gasteiger partial charge in [0, 0.05) is 47.0 Å². The van der Waals surface area contributed by atoms with Crippen LogP contribution in [0.1, 0.15) is 15.9 Å². The number of aromatic nitrogens is 2. The predicted molar refractivity (Wildman–Crippen MR) is 148 cm³/mol. The topological polar surface area (TPSA) is 67.4 Å². The van der Waals surface area contributed by atoms with E-state index in [0.717, 1.165) is 33.5 Å². The molecule has 0 aliphatic carbocycles. The first-order valence-corrected chi connectivity index (χ1v) is 11.9. The lowest BCUT2D eigenvalue weighted by atomic mass is 10.1. The van der Waals surface area contributed by atoms with Crippen molar-refractivity contribution in [2.75, 3.05) is 8.43 Å². The lowest BCUT2D eigenvalue weighted by Crippen LogP contribution is -2.19. The Kier molecular flexibility index (Phi) is 6.58. The highest BCUT2D eigenvalue weighted by Crippen LogP contribution is 2.30. The van der Waals surface area contributed by atoms with Crippen molar-refractivity contribution in [3.63, 3.8) is 0 Å². The number of nitrogens with zero attached hydrogens (tertiary/aromatic N) is 3. The van der Waals surface area contributed by atoms with E-state index in [1.807, 2.05) is 89.6 Å². The maximum atomic E-state index is 13.1. The summed E-state index contributed by atoms with van der Waals surface area (Å²) in [7, 11) is 0. The molecule has 0 fully saturated rings. The van der Waals surface area contributed by atoms with Crippen LogP contribution in [0, 0.1) is 6.92 Å². The molecule has 2 aromatic heterocycles. The summed E-state index contributed by atoms with van der Waals surface area (Å²) in [5.41, 5.74) is 5.28. The van der Waals surface area contributed by atoms with E-state index in [9.17, 15) is 4.79 Å². The Morgan fingerprint density at radius 1 is 0.886 bits per heavy atom. The van der Waals surface area contributed by atoms with E-state index >= 15 is 0 Å². The van der Waals surface area contributed by atoms with Gasteiger partial charge in [-0.1, -0.05) is 18.2 Å². The Morgan fingerprint density at radius 3 is 2.46 bits per heavy atom. The van der Waals surface area contributed by atoms with Crippen molar-refractivity contribution in [2.24, 2.45) is 0 Å². The van der Waals surface area contributed by atoms with E-state index in [0.29, 0.717) is 17.1 Å². The van der Waals surface area contributed by atoms with Gasteiger partial charge in [-0.15, -0.1) is 0 Å². The summed E-state index contributed by atoms with van der Waals surface area (Å²) in [5, 5.41) is 4.54. The Hall–Kier alpha value is -3.98. The minimum atomic E-state index is -0.122. The minimum absolute atomic E-state index is 0.122. The molecular weight excluding hydrogens is 551 g/mol. The summed E-state index contributed by atoms with van der Waals surface area (Å²) in [4.78, 5) is 21.6. The minimum Gasteiger partial charge on any atom is -0.457 e. The number of ether oxygens (including phenoxy) is 1. The van der Waals surface area contributed by atoms with Gasteiger partial charge >= 0.3 is 0 Å². The summed E-state index contributed by atoms with van der Waals surface area (Å²) in [6.45, 7) is 2.07. The third-order valence-corrected chi connectivity index (χ3v) is 6.49. The van der Waals surface area contributed by atoms with E-state index in [1.54, 1.807) is 33.8 Å². The Bertz CT molecular complexity index is 1490. The van der Waals surface area contributed by atoms with Gasteiger partial charge in [-0.2, -0.15) is 0 Å². The molecule has 1 amide bonds. The van der Waals surface area contributed by atoms with E-state index in [4.69, 9.17) is 4.74 Å². The molecule has 0 bridgehead atoms. The number of rotatable bonds is 6. The zero-order valence-corrected chi connectivity index (χ0v) is 21.0. The Morgan fingerprint density at radius 2 is 1.66 bits per heavy atom. The maximum absolute atomic E-state index is 13.1. The van der Waals surface area contributed by atoms with Gasteiger partial charge in [0.1, 0.15) is 11.5 Å². The van der Waals surface area contributed by atoms with Crippen LogP contribution in [0.2, 0.25) is 0 Å². The number of aryl methyl sites for hydroxylation is 1. The molecule has 35 heavy (non-hydrogen) atoms. The molecule has 0 aliphatic heterocycles. The van der Waals surface area contributed by atoms with E-state index < -0.39 is 0 Å². The Labute approximate surface area is 217 Å². The number of hydrogen-bond donors (Lipinski definition) is 1. The number of fused-ring (bicyclic) bond motifs is 1. The van der Waals surface area contributed by atoms with E-state index in [2.05, 4.69) is 28.3 Å². The number of carbonyl (C=O) groups excluding carboxylic acids is 1. The third kappa shape index (κ3) is 5.09. The lowest BCUT2D eigenvalue weighted by Gasteiger charge is -2.16. The molecule has 5 rings (SSSR count). The van der Waals surface area contributed by atoms with Gasteiger partial charge in [0.2, 0.25) is 0 Å². The van der Waals surface area contributed by atoms with Crippen molar-refractivity contribution in [3.05, 3.63) is 115 Å². The maximum Gasteiger partial charge on any atom is 0.267 e. The van der Waals surface area contributed by atoms with Crippen LogP contribution in [0.5, 0.6) is 11.5 Å². The molecule has 6 nitrogen and oxygen atoms in total. The molecule has 0 spiro atoms. The number of nitrogens with one attached hydrogen (secondary N) is 1. The SMILES string of the molecule is Cc1cccc2nccc(Nc3ccc(C(=O)N(I)c4cccc(Oc5ccncc5)c4)cc3)c12. The number of pyridine rings is 2. The molecule has 0 atom stereocenters. The summed E-state index contributed by atoms with van der Waals surface area (Å²) in [5.74, 6) is 1.20. The number of anilines is 3. The predicted octanol–water partition coefficient (Wildman–Crippen LogP) is 7.47. The number of halogens is 1. The average Bonchev–Trinajstić information content (AvgIpc) is 2.89. The second kappa shape index (κ2) is 10.1. The van der Waals surface area contributed by atoms with Gasteiger partial charge in [-0.3, -0.25) is 14.8 Å². The molecular formula is C28H21IN4O2. The van der Waals surface area contributed by atoms with Crippen molar-refractivity contribution in [1.82, 2.24) is 9.97 Å². The molecule has 0 radical (unpaired) electrons. The third-order valence-electron chi connectivity index (χ3n) is 5.49. The zero-order chi connectivity index (χ0) is 24.2. The summed E-state index contributed by atoms with van der Waals surface area (Å²) in [6, 6.07) is 26.5. The molecule has 0 saturated heterocycles. The molecule has 3 aromatic carbocycles. The van der Waals surface area contributed by atoms with Crippen LogP contribution in [0.4, 0.5) is 17.1 Å². The van der Waals surface area contributed by atoms with Crippen LogP contribution >= 0.6 is 22.9 Å². The van der Waals surface area contributed by atoms with Gasteiger partial charge in [-0.25, -0.2) is 3.11 Å². The van der Waals surface area contributed by atoms with Crippen molar-refractivity contribution in [2.45, 2.75) is 6.92 Å². The van der Waals surface area contributed by atoms with Gasteiger partial charge < -0.3 is 10.1 Å². The van der Waals surface area contributed by atoms with Gasteiger partial charge in [0.25, 0.3) is 5.91 Å². The monoisotopic (exact) mass is 572 g/mol. The first kappa shape index (κ1) is 22.8. The van der Waals surface area contributed by atoms with Gasteiger partial charge in [0.15, 0.2) is 0 Å². The zero-order valence-electron chi connectivity index (χ0n) is 18.9. The molecule has 7 heteroatoms. The fourth-order valence-corrected chi connectivity index (χ4v) is 4.36. The molecule has 172 valence electrons. The molecule has 2 heterocycles. The van der Waals surface area contributed by atoms with Gasteiger partial charge in [-0.05, 0) is 73.2 Å². The largest absolute Gasteiger partial charge is 0.457 e. The van der Waals surface area contributed by atoms with Crippen LogP contribution in [0.25, 0.3) is 10.9 Å². The van der Waals surface area contributed by atoms with Crippen LogP contribution < -0.4 is 13.2 Å². The van der Waals surface area contributed by atoms with Crippen LogP contribution in [0.3, 0.4) is 0 Å². The highest BCUT2D eigenvalue weighted by atomic mass is 127. The van der Waals surface area contributed by atoms with Gasteiger partial charge in [0.05, 0.1) is 34.1 Å². The quantitative estimate of drug-likeness (QED) is 0.169. The second-order valence-corrected chi connectivity index (χ2v) is 8.86. The van der Waals surface area contributed by atoms with Crippen LogP contribution in [-0.4, -0.2) is 15.9 Å². The Balaban J connectivity index is 1.32. The smallest absolute Gasteiger partial charge is 0.267 e. The summed E-state index contributed by atoms with van der Waals surface area (Å²) in [6.07, 6.45) is 5.14. The fraction of sp³-hybridized carbons (Fsp3) is 0.0357. The highest BCUT2D eigenvalue weighted by molar-refractivity contribution is 14.1. The molecule has 0 aliphatic rings. The summed E-state index contributed by atoms with van der Waals surface area (Å²) < 4.78 is 7.45. The number of hydrogen-bond acceptors (Lipinski definition) is 5. The second-order valence-electron chi connectivity index (χ2n) is 7.90. The summed E-state index contributed by atoms with van der Waals surface area (Å²) >= 11 is 2.02. The first-order chi connectivity index (χ1) is 17.1. The van der Waals surface area contributed by atoms with Crippen molar-refractivity contribution in [3.8, 4) is 11.5 Å². The van der Waals surface area contributed by atoms with E-state index in [1.165, 1.54) is 0 Å². The van der Waals surface area contributed by atoms with Crippen molar-refractivity contribution >= 4 is 56.7 Å². The highest BCUT2D eigenvalue weighted by Gasteiger charge is 2.16. The lowest BCUT2D eigenvalue weighted by molar-refractivity contribution is 0.101. The molecule has 0 saturated carbocycles. The van der Waals surface area contributed by atoms with Crippen LogP contribution in [0.15, 0.2) is 104 Å². The van der Waals surface area contributed by atoms with Crippen LogP contribution in [-0.2, 0) is 0 Å². The number of amides is 1. The average molecular weight is 572 g/mol. The normalized spacial score (nSPS) is 10.7. The number of benzene rings is 3. The van der Waals surface area contributed by atoms with E-state index in [-0.39, 0.29) is 5.91 Å².